The molecule has 0 aromatic heterocycles. The second-order valence-corrected chi connectivity index (χ2v) is 8.38. The fourth-order valence-corrected chi connectivity index (χ4v) is 2.79. The highest BCUT2D eigenvalue weighted by Crippen LogP contribution is 2.44. The summed E-state index contributed by atoms with van der Waals surface area (Å²) in [6.07, 6.45) is -0.927. The smallest absolute Gasteiger partial charge is 0.342 e. The Labute approximate surface area is 142 Å². The normalized spacial score (nSPS) is 30.9. The third-order valence-corrected chi connectivity index (χ3v) is 3.91. The summed E-state index contributed by atoms with van der Waals surface area (Å²) in [5, 5.41) is 0. The largest absolute Gasteiger partial charge is 0.465 e. The molecule has 0 N–H and O–H groups in total. The van der Waals surface area contributed by atoms with Crippen molar-refractivity contribution in [1.29, 1.82) is 0 Å². The van der Waals surface area contributed by atoms with Gasteiger partial charge in [-0.05, 0) is 27.2 Å². The molecule has 2 rings (SSSR count). The van der Waals surface area contributed by atoms with Gasteiger partial charge < -0.3 is 18.9 Å². The van der Waals surface area contributed by atoms with Crippen LogP contribution in [0.1, 0.15) is 54.4 Å². The van der Waals surface area contributed by atoms with E-state index < -0.39 is 46.7 Å². The molecule has 0 radical (unpaired) electrons. The van der Waals surface area contributed by atoms with Crippen molar-refractivity contribution in [1.82, 2.24) is 0 Å². The summed E-state index contributed by atoms with van der Waals surface area (Å²) in [4.78, 5) is 37.0. The first-order valence-electron chi connectivity index (χ1n) is 8.12. The number of cyclic esters (lactones) is 2. The highest BCUT2D eigenvalue weighted by molar-refractivity contribution is 5.93. The molecule has 2 heterocycles. The number of hydrogen-bond acceptors (Lipinski definition) is 7. The number of hydrogen-bond donors (Lipinski definition) is 0. The Morgan fingerprint density at radius 2 is 1.83 bits per heavy atom. The monoisotopic (exact) mass is 342 g/mol. The van der Waals surface area contributed by atoms with E-state index in [2.05, 4.69) is 0 Å². The summed E-state index contributed by atoms with van der Waals surface area (Å²) in [6, 6.07) is 0. The number of carbonyl (C=O) groups is 3. The molecule has 2 saturated heterocycles. The van der Waals surface area contributed by atoms with Gasteiger partial charge in [0.1, 0.15) is 11.5 Å². The Kier molecular flexibility index (Phi) is 4.69. The quantitative estimate of drug-likeness (QED) is 0.572. The highest BCUT2D eigenvalue weighted by atomic mass is 16.8. The van der Waals surface area contributed by atoms with Gasteiger partial charge in [-0.15, -0.1) is 0 Å². The predicted molar refractivity (Wildman–Crippen MR) is 82.7 cm³/mol. The van der Waals surface area contributed by atoms with E-state index in [4.69, 9.17) is 18.9 Å². The van der Waals surface area contributed by atoms with Gasteiger partial charge in [-0.1, -0.05) is 20.8 Å². The third-order valence-electron chi connectivity index (χ3n) is 3.91. The van der Waals surface area contributed by atoms with Crippen LogP contribution in [0.25, 0.3) is 0 Å². The van der Waals surface area contributed by atoms with Gasteiger partial charge in [0.25, 0.3) is 0 Å². The summed E-state index contributed by atoms with van der Waals surface area (Å²) < 4.78 is 21.5. The summed E-state index contributed by atoms with van der Waals surface area (Å²) >= 11 is 0. The first kappa shape index (κ1) is 18.7. The zero-order chi connectivity index (χ0) is 18.3. The van der Waals surface area contributed by atoms with Gasteiger partial charge >= 0.3 is 17.9 Å². The van der Waals surface area contributed by atoms with Crippen molar-refractivity contribution in [3.8, 4) is 0 Å². The second-order valence-electron chi connectivity index (χ2n) is 8.38. The van der Waals surface area contributed by atoms with Gasteiger partial charge in [0.15, 0.2) is 5.60 Å². The van der Waals surface area contributed by atoms with Gasteiger partial charge in [-0.25, -0.2) is 4.79 Å². The first-order valence-corrected chi connectivity index (χ1v) is 8.12. The van der Waals surface area contributed by atoms with Crippen molar-refractivity contribution in [3.05, 3.63) is 0 Å². The lowest BCUT2D eigenvalue weighted by Gasteiger charge is -2.31. The van der Waals surface area contributed by atoms with E-state index in [0.717, 1.165) is 0 Å². The van der Waals surface area contributed by atoms with Crippen LogP contribution < -0.4 is 0 Å². The Morgan fingerprint density at radius 1 is 1.21 bits per heavy atom. The lowest BCUT2D eigenvalue weighted by molar-refractivity contribution is -0.181. The average Bonchev–Trinajstić information content (AvgIpc) is 2.92. The molecule has 0 spiro atoms. The minimum atomic E-state index is -1.69. The molecule has 2 fully saturated rings. The van der Waals surface area contributed by atoms with Gasteiger partial charge in [0, 0.05) is 5.41 Å². The zero-order valence-corrected chi connectivity index (χ0v) is 15.1. The molecule has 0 saturated carbocycles. The summed E-state index contributed by atoms with van der Waals surface area (Å²) in [6.45, 7) is 10.9. The minimum absolute atomic E-state index is 0.191. The highest BCUT2D eigenvalue weighted by Gasteiger charge is 2.62. The molecule has 2 aliphatic rings. The van der Waals surface area contributed by atoms with Crippen molar-refractivity contribution in [3.63, 3.8) is 0 Å². The fraction of sp³-hybridized carbons (Fsp3) is 0.824. The van der Waals surface area contributed by atoms with Crippen LogP contribution >= 0.6 is 0 Å². The van der Waals surface area contributed by atoms with Crippen molar-refractivity contribution in [2.24, 2.45) is 11.3 Å². The zero-order valence-electron chi connectivity index (χ0n) is 15.1. The van der Waals surface area contributed by atoms with Crippen LogP contribution in [0, 0.1) is 11.3 Å². The molecule has 3 atom stereocenters. The average molecular weight is 342 g/mol. The van der Waals surface area contributed by atoms with E-state index in [1.54, 1.807) is 20.8 Å². The standard InChI is InChI=1S/C17H26O7/c1-15(2,3)14-22-13(20)17(24-14,10-7-8-21-12(10)19)9-11(18)23-16(4,5)6/h10,14H,7-9H2,1-6H3/t10-,14-,17+/m0/s1. The third kappa shape index (κ3) is 3.71. The fourth-order valence-electron chi connectivity index (χ4n) is 2.79. The minimum Gasteiger partial charge on any atom is -0.465 e. The molecule has 0 aliphatic carbocycles. The van der Waals surface area contributed by atoms with E-state index in [0.29, 0.717) is 6.42 Å². The van der Waals surface area contributed by atoms with E-state index in [9.17, 15) is 14.4 Å². The Balaban J connectivity index is 2.31. The summed E-state index contributed by atoms with van der Waals surface area (Å²) in [7, 11) is 0. The number of rotatable bonds is 3. The molecule has 0 bridgehead atoms. The van der Waals surface area contributed by atoms with Crippen LogP contribution in [0.2, 0.25) is 0 Å². The molecule has 136 valence electrons. The molecule has 0 aromatic carbocycles. The van der Waals surface area contributed by atoms with Crippen molar-refractivity contribution < 1.29 is 33.3 Å². The van der Waals surface area contributed by atoms with Crippen LogP contribution in [0.3, 0.4) is 0 Å². The molecule has 7 nitrogen and oxygen atoms in total. The topological polar surface area (TPSA) is 88.1 Å². The molecule has 24 heavy (non-hydrogen) atoms. The van der Waals surface area contributed by atoms with E-state index in [1.165, 1.54) is 0 Å². The molecule has 2 aliphatic heterocycles. The lowest BCUT2D eigenvalue weighted by atomic mass is 9.83. The Hall–Kier alpha value is -1.63. The van der Waals surface area contributed by atoms with Gasteiger partial charge in [-0.2, -0.15) is 0 Å². The predicted octanol–water partition coefficient (Wildman–Crippen LogP) is 1.97. The Bertz CT molecular complexity index is 540. The maximum atomic E-state index is 12.6. The van der Waals surface area contributed by atoms with Crippen molar-refractivity contribution in [2.75, 3.05) is 6.61 Å². The number of esters is 3. The molecule has 0 amide bonds. The summed E-state index contributed by atoms with van der Waals surface area (Å²) in [5.74, 6) is -2.75. The second kappa shape index (κ2) is 6.02. The molecular weight excluding hydrogens is 316 g/mol. The molecule has 0 aromatic rings. The molecular formula is C17H26O7. The number of ether oxygens (including phenoxy) is 4. The lowest BCUT2D eigenvalue weighted by Crippen LogP contribution is -2.49. The first-order chi connectivity index (χ1) is 10.8. The van der Waals surface area contributed by atoms with Crippen molar-refractivity contribution >= 4 is 17.9 Å². The van der Waals surface area contributed by atoms with Gasteiger partial charge in [0.2, 0.25) is 6.29 Å². The Morgan fingerprint density at radius 3 is 2.25 bits per heavy atom. The van der Waals surface area contributed by atoms with Gasteiger partial charge in [-0.3, -0.25) is 9.59 Å². The van der Waals surface area contributed by atoms with E-state index in [-0.39, 0.29) is 13.0 Å². The van der Waals surface area contributed by atoms with Gasteiger partial charge in [0.05, 0.1) is 13.0 Å². The van der Waals surface area contributed by atoms with Crippen LogP contribution in [0.4, 0.5) is 0 Å². The van der Waals surface area contributed by atoms with Crippen LogP contribution in [0.5, 0.6) is 0 Å². The van der Waals surface area contributed by atoms with Crippen LogP contribution in [-0.2, 0) is 33.3 Å². The maximum absolute atomic E-state index is 12.6. The van der Waals surface area contributed by atoms with Crippen molar-refractivity contribution in [2.45, 2.75) is 71.9 Å². The molecule has 7 heteroatoms. The van der Waals surface area contributed by atoms with E-state index >= 15 is 0 Å². The van der Waals surface area contributed by atoms with Crippen LogP contribution in [0.15, 0.2) is 0 Å². The SMILES string of the molecule is CC(C)(C)OC(=O)C[C@]1([C@H]2CCOC2=O)O[C@@H](C(C)(C)C)OC1=O. The van der Waals surface area contributed by atoms with E-state index in [1.807, 2.05) is 20.8 Å². The maximum Gasteiger partial charge on any atom is 0.342 e. The van der Waals surface area contributed by atoms with Crippen LogP contribution in [-0.4, -0.2) is 42.0 Å². The number of carbonyl (C=O) groups excluding carboxylic acids is 3. The molecule has 0 unspecified atom stereocenters. The summed E-state index contributed by atoms with van der Waals surface area (Å²) in [5.41, 5.74) is -2.89.